The first kappa shape index (κ1) is 14.1. The maximum absolute atomic E-state index is 10.8. The highest BCUT2D eigenvalue weighted by atomic mass is 127. The zero-order valence-corrected chi connectivity index (χ0v) is 12.7. The summed E-state index contributed by atoms with van der Waals surface area (Å²) < 4.78 is 1.10. The summed E-state index contributed by atoms with van der Waals surface area (Å²) in [5, 5.41) is 14.2. The van der Waals surface area contributed by atoms with E-state index in [1.54, 1.807) is 12.1 Å². The lowest BCUT2D eigenvalue weighted by atomic mass is 10.2. The number of nitrogens with one attached hydrogen (secondary N) is 1. The predicted octanol–water partition coefficient (Wildman–Crippen LogP) is 4.46. The van der Waals surface area contributed by atoms with E-state index in [-0.39, 0.29) is 10.7 Å². The number of hydrogen-bond acceptors (Lipinski definition) is 3. The van der Waals surface area contributed by atoms with Crippen molar-refractivity contribution in [1.29, 1.82) is 0 Å². The molecular weight excluding hydrogens is 379 g/mol. The number of benzene rings is 2. The van der Waals surface area contributed by atoms with Gasteiger partial charge in [-0.1, -0.05) is 29.8 Å². The summed E-state index contributed by atoms with van der Waals surface area (Å²) >= 11 is 8.00. The number of para-hydroxylation sites is 1. The first-order valence-electron chi connectivity index (χ1n) is 5.49. The van der Waals surface area contributed by atoms with Crippen LogP contribution >= 0.6 is 34.2 Å². The Bertz CT molecular complexity index is 619. The molecule has 2 rings (SSSR count). The second kappa shape index (κ2) is 6.21. The van der Waals surface area contributed by atoms with Gasteiger partial charge in [-0.2, -0.15) is 0 Å². The maximum Gasteiger partial charge on any atom is 0.288 e. The molecule has 6 heteroatoms. The number of anilines is 1. The third kappa shape index (κ3) is 3.57. The maximum atomic E-state index is 10.8. The summed E-state index contributed by atoms with van der Waals surface area (Å²) in [5.74, 6) is 0. The van der Waals surface area contributed by atoms with Gasteiger partial charge in [0.25, 0.3) is 5.69 Å². The highest BCUT2D eigenvalue weighted by Gasteiger charge is 2.12. The van der Waals surface area contributed by atoms with E-state index in [0.29, 0.717) is 6.54 Å². The summed E-state index contributed by atoms with van der Waals surface area (Å²) in [6, 6.07) is 12.7. The molecule has 0 saturated heterocycles. The fraction of sp³-hybridized carbons (Fsp3) is 0.0769. The number of nitrogens with zero attached hydrogens (tertiary/aromatic N) is 1. The van der Waals surface area contributed by atoms with Crippen LogP contribution < -0.4 is 5.32 Å². The fourth-order valence-corrected chi connectivity index (χ4v) is 2.37. The van der Waals surface area contributed by atoms with E-state index >= 15 is 0 Å². The SMILES string of the molecule is O=[N+]([O-])c1cc(CNc2ccccc2I)ccc1Cl. The summed E-state index contributed by atoms with van der Waals surface area (Å²) in [7, 11) is 0. The molecule has 0 aliphatic rings. The summed E-state index contributed by atoms with van der Waals surface area (Å²) in [4.78, 5) is 10.3. The van der Waals surface area contributed by atoms with Crippen molar-refractivity contribution in [2.45, 2.75) is 6.54 Å². The van der Waals surface area contributed by atoms with Crippen LogP contribution in [0.2, 0.25) is 5.02 Å². The average Bonchev–Trinajstić information content (AvgIpc) is 2.39. The van der Waals surface area contributed by atoms with E-state index in [4.69, 9.17) is 11.6 Å². The molecule has 2 aromatic rings. The van der Waals surface area contributed by atoms with Crippen molar-refractivity contribution in [2.75, 3.05) is 5.32 Å². The van der Waals surface area contributed by atoms with Crippen LogP contribution in [0.15, 0.2) is 42.5 Å². The highest BCUT2D eigenvalue weighted by molar-refractivity contribution is 14.1. The Balaban J connectivity index is 2.14. The zero-order chi connectivity index (χ0) is 13.8. The number of halogens is 2. The van der Waals surface area contributed by atoms with Crippen LogP contribution in [0, 0.1) is 13.7 Å². The summed E-state index contributed by atoms with van der Waals surface area (Å²) in [6.07, 6.45) is 0. The first-order chi connectivity index (χ1) is 9.08. The molecule has 0 spiro atoms. The zero-order valence-electron chi connectivity index (χ0n) is 9.77. The molecule has 0 heterocycles. The van der Waals surface area contributed by atoms with Gasteiger partial charge >= 0.3 is 0 Å². The van der Waals surface area contributed by atoms with Crippen molar-refractivity contribution in [1.82, 2.24) is 0 Å². The molecule has 0 atom stereocenters. The first-order valence-corrected chi connectivity index (χ1v) is 6.95. The Morgan fingerprint density at radius 2 is 2.00 bits per heavy atom. The molecule has 1 N–H and O–H groups in total. The molecule has 0 amide bonds. The Hall–Kier alpha value is -1.34. The number of rotatable bonds is 4. The van der Waals surface area contributed by atoms with Gasteiger partial charge in [0.1, 0.15) is 5.02 Å². The van der Waals surface area contributed by atoms with Crippen LogP contribution in [0.1, 0.15) is 5.56 Å². The van der Waals surface area contributed by atoms with E-state index in [2.05, 4.69) is 27.9 Å². The lowest BCUT2D eigenvalue weighted by Crippen LogP contribution is -2.01. The van der Waals surface area contributed by atoms with Gasteiger partial charge in [-0.05, 0) is 46.4 Å². The molecule has 0 radical (unpaired) electrons. The predicted molar refractivity (Wildman–Crippen MR) is 84.6 cm³/mol. The Kier molecular flexibility index (Phi) is 4.60. The lowest BCUT2D eigenvalue weighted by molar-refractivity contribution is -0.384. The van der Waals surface area contributed by atoms with Gasteiger partial charge in [-0.25, -0.2) is 0 Å². The molecule has 19 heavy (non-hydrogen) atoms. The fourth-order valence-electron chi connectivity index (χ4n) is 1.61. The van der Waals surface area contributed by atoms with Crippen LogP contribution in [0.4, 0.5) is 11.4 Å². The standard InChI is InChI=1S/C13H10ClIN2O2/c14-10-6-5-9(7-13(10)17(18)19)8-16-12-4-2-1-3-11(12)15/h1-7,16H,8H2. The minimum Gasteiger partial charge on any atom is -0.380 e. The minimum atomic E-state index is -0.474. The molecule has 4 nitrogen and oxygen atoms in total. The monoisotopic (exact) mass is 388 g/mol. The van der Waals surface area contributed by atoms with Crippen molar-refractivity contribution in [3.05, 3.63) is 66.7 Å². The van der Waals surface area contributed by atoms with Gasteiger partial charge in [-0.15, -0.1) is 0 Å². The lowest BCUT2D eigenvalue weighted by Gasteiger charge is -2.08. The molecule has 0 saturated carbocycles. The third-order valence-corrected chi connectivity index (χ3v) is 3.82. The third-order valence-electron chi connectivity index (χ3n) is 2.56. The normalized spacial score (nSPS) is 10.2. The van der Waals surface area contributed by atoms with Crippen LogP contribution in [0.5, 0.6) is 0 Å². The smallest absolute Gasteiger partial charge is 0.288 e. The molecule has 98 valence electrons. The van der Waals surface area contributed by atoms with Gasteiger partial charge in [0.05, 0.1) is 4.92 Å². The average molecular weight is 389 g/mol. The van der Waals surface area contributed by atoms with E-state index in [1.807, 2.05) is 24.3 Å². The van der Waals surface area contributed by atoms with E-state index < -0.39 is 4.92 Å². The molecule has 0 aliphatic heterocycles. The van der Waals surface area contributed by atoms with Gasteiger partial charge < -0.3 is 5.32 Å². The highest BCUT2D eigenvalue weighted by Crippen LogP contribution is 2.26. The minimum absolute atomic E-state index is 0.0660. The Morgan fingerprint density at radius 3 is 2.68 bits per heavy atom. The van der Waals surface area contributed by atoms with E-state index in [0.717, 1.165) is 14.8 Å². The van der Waals surface area contributed by atoms with Crippen molar-refractivity contribution in [3.63, 3.8) is 0 Å². The van der Waals surface area contributed by atoms with Gasteiger partial charge in [0.15, 0.2) is 0 Å². The molecule has 0 fully saturated rings. The molecule has 0 aliphatic carbocycles. The number of hydrogen-bond donors (Lipinski definition) is 1. The van der Waals surface area contributed by atoms with Crippen LogP contribution in [-0.4, -0.2) is 4.92 Å². The molecule has 0 bridgehead atoms. The van der Waals surface area contributed by atoms with E-state index in [9.17, 15) is 10.1 Å². The van der Waals surface area contributed by atoms with Crippen molar-refractivity contribution in [2.24, 2.45) is 0 Å². The van der Waals surface area contributed by atoms with Crippen molar-refractivity contribution < 1.29 is 4.92 Å². The topological polar surface area (TPSA) is 55.2 Å². The van der Waals surface area contributed by atoms with Crippen molar-refractivity contribution >= 4 is 45.6 Å². The van der Waals surface area contributed by atoms with Gasteiger partial charge in [0, 0.05) is 21.9 Å². The quantitative estimate of drug-likeness (QED) is 0.478. The van der Waals surface area contributed by atoms with Crippen LogP contribution in [0.3, 0.4) is 0 Å². The number of nitro benzene ring substituents is 1. The Labute approximate surface area is 129 Å². The molecule has 0 aromatic heterocycles. The largest absolute Gasteiger partial charge is 0.380 e. The van der Waals surface area contributed by atoms with Crippen LogP contribution in [-0.2, 0) is 6.54 Å². The van der Waals surface area contributed by atoms with Crippen LogP contribution in [0.25, 0.3) is 0 Å². The molecule has 0 unspecified atom stereocenters. The van der Waals surface area contributed by atoms with Gasteiger partial charge in [-0.3, -0.25) is 10.1 Å². The second-order valence-electron chi connectivity index (χ2n) is 3.88. The Morgan fingerprint density at radius 1 is 1.26 bits per heavy atom. The second-order valence-corrected chi connectivity index (χ2v) is 5.45. The summed E-state index contributed by atoms with van der Waals surface area (Å²) in [5.41, 5.74) is 1.75. The summed E-state index contributed by atoms with van der Waals surface area (Å²) in [6.45, 7) is 0.512. The van der Waals surface area contributed by atoms with E-state index in [1.165, 1.54) is 6.07 Å². The molecule has 2 aromatic carbocycles. The van der Waals surface area contributed by atoms with Gasteiger partial charge in [0.2, 0.25) is 0 Å². The van der Waals surface area contributed by atoms with Crippen molar-refractivity contribution in [3.8, 4) is 0 Å². The molecular formula is C13H10ClIN2O2. The number of nitro groups is 1.